The summed E-state index contributed by atoms with van der Waals surface area (Å²) in [6.45, 7) is 2.82. The van der Waals surface area contributed by atoms with Crippen molar-refractivity contribution in [3.8, 4) is 11.5 Å². The zero-order valence-corrected chi connectivity index (χ0v) is 17.7. The average molecular weight is 471 g/mol. The Kier molecular flexibility index (Phi) is 7.34. The predicted molar refractivity (Wildman–Crippen MR) is 118 cm³/mol. The Bertz CT molecular complexity index is 1030. The van der Waals surface area contributed by atoms with Crippen molar-refractivity contribution in [1.82, 2.24) is 4.98 Å². The number of rotatable bonds is 9. The lowest BCUT2D eigenvalue weighted by molar-refractivity contribution is -0.385. The van der Waals surface area contributed by atoms with Crippen LogP contribution in [0.25, 0.3) is 0 Å². The molecule has 0 aliphatic carbocycles. The van der Waals surface area contributed by atoms with Gasteiger partial charge in [-0.05, 0) is 46.6 Å². The number of hydrazone groups is 1. The molecule has 154 valence electrons. The molecule has 0 radical (unpaired) electrons. The molecule has 0 aliphatic rings. The molecule has 0 spiro atoms. The number of aromatic nitrogens is 1. The number of pyridine rings is 1. The molecular formula is C21H19BrN4O4. The second kappa shape index (κ2) is 10.4. The van der Waals surface area contributed by atoms with Crippen LogP contribution in [-0.2, 0) is 6.61 Å². The second-order valence-electron chi connectivity index (χ2n) is 6.06. The van der Waals surface area contributed by atoms with Crippen molar-refractivity contribution >= 4 is 33.6 Å². The van der Waals surface area contributed by atoms with Crippen LogP contribution in [-0.4, -0.2) is 22.7 Å². The molecule has 0 amide bonds. The molecule has 0 aliphatic heterocycles. The first-order valence-corrected chi connectivity index (χ1v) is 9.88. The summed E-state index contributed by atoms with van der Waals surface area (Å²) in [5.41, 5.74) is 4.48. The van der Waals surface area contributed by atoms with E-state index in [2.05, 4.69) is 31.4 Å². The second-order valence-corrected chi connectivity index (χ2v) is 6.91. The third-order valence-corrected chi connectivity index (χ3v) is 4.63. The van der Waals surface area contributed by atoms with Gasteiger partial charge in [0.15, 0.2) is 11.5 Å². The van der Waals surface area contributed by atoms with E-state index in [-0.39, 0.29) is 5.69 Å². The van der Waals surface area contributed by atoms with Crippen molar-refractivity contribution < 1.29 is 14.4 Å². The molecule has 8 nitrogen and oxygen atoms in total. The van der Waals surface area contributed by atoms with E-state index in [1.54, 1.807) is 6.21 Å². The molecule has 2 aromatic carbocycles. The number of nitrogens with zero attached hydrogens (tertiary/aromatic N) is 3. The van der Waals surface area contributed by atoms with Gasteiger partial charge in [0.2, 0.25) is 0 Å². The summed E-state index contributed by atoms with van der Waals surface area (Å²) in [4.78, 5) is 14.1. The van der Waals surface area contributed by atoms with Crippen molar-refractivity contribution in [1.29, 1.82) is 0 Å². The van der Waals surface area contributed by atoms with Gasteiger partial charge in [-0.15, -0.1) is 0 Å². The zero-order chi connectivity index (χ0) is 21.3. The molecule has 30 heavy (non-hydrogen) atoms. The molecule has 0 unspecified atom stereocenters. The molecule has 1 N–H and O–H groups in total. The van der Waals surface area contributed by atoms with Crippen molar-refractivity contribution in [3.63, 3.8) is 0 Å². The van der Waals surface area contributed by atoms with Crippen LogP contribution in [0.5, 0.6) is 11.5 Å². The first-order chi connectivity index (χ1) is 14.6. The molecule has 0 bridgehead atoms. The SMILES string of the molecule is CCOc1cc(/C=N/Nc2ccc([N+](=O)[O-])cn2)c(Br)cc1OCc1ccccc1. The van der Waals surface area contributed by atoms with E-state index in [9.17, 15) is 10.1 Å². The molecule has 1 heterocycles. The van der Waals surface area contributed by atoms with Crippen LogP contribution in [0.1, 0.15) is 18.1 Å². The molecule has 1 aromatic heterocycles. The first-order valence-electron chi connectivity index (χ1n) is 9.09. The smallest absolute Gasteiger partial charge is 0.287 e. The van der Waals surface area contributed by atoms with Gasteiger partial charge in [0, 0.05) is 16.1 Å². The summed E-state index contributed by atoms with van der Waals surface area (Å²) in [5, 5.41) is 14.8. The number of hydrogen-bond donors (Lipinski definition) is 1. The highest BCUT2D eigenvalue weighted by Crippen LogP contribution is 2.34. The first kappa shape index (κ1) is 21.3. The lowest BCUT2D eigenvalue weighted by atomic mass is 10.2. The van der Waals surface area contributed by atoms with E-state index in [0.717, 1.165) is 15.6 Å². The largest absolute Gasteiger partial charge is 0.490 e. The Morgan fingerprint density at radius 2 is 1.93 bits per heavy atom. The summed E-state index contributed by atoms with van der Waals surface area (Å²) in [5.74, 6) is 1.61. The Labute approximate surface area is 181 Å². The predicted octanol–water partition coefficient (Wildman–Crippen LogP) is 5.18. The number of ether oxygens (including phenoxy) is 2. The standard InChI is InChI=1S/C21H19BrN4O4/c1-2-29-19-10-16(12-24-25-21-9-8-17(13-23-21)26(27)28)18(22)11-20(19)30-14-15-6-4-3-5-7-15/h3-13H,2,14H2,1H3,(H,23,25)/b24-12+. The summed E-state index contributed by atoms with van der Waals surface area (Å²) in [7, 11) is 0. The topological polar surface area (TPSA) is 98.9 Å². The van der Waals surface area contributed by atoms with Gasteiger partial charge < -0.3 is 9.47 Å². The fraction of sp³-hybridized carbons (Fsp3) is 0.143. The fourth-order valence-corrected chi connectivity index (χ4v) is 2.92. The maximum absolute atomic E-state index is 10.7. The number of nitro groups is 1. The fourth-order valence-electron chi connectivity index (χ4n) is 2.49. The maximum Gasteiger partial charge on any atom is 0.287 e. The molecule has 0 fully saturated rings. The zero-order valence-electron chi connectivity index (χ0n) is 16.1. The van der Waals surface area contributed by atoms with Gasteiger partial charge in [-0.25, -0.2) is 4.98 Å². The molecule has 3 rings (SSSR count). The van der Waals surface area contributed by atoms with Gasteiger partial charge in [-0.2, -0.15) is 5.10 Å². The molecule has 0 atom stereocenters. The van der Waals surface area contributed by atoms with Crippen LogP contribution in [0, 0.1) is 10.1 Å². The van der Waals surface area contributed by atoms with E-state index < -0.39 is 4.92 Å². The lowest BCUT2D eigenvalue weighted by Crippen LogP contribution is -2.01. The quantitative estimate of drug-likeness (QED) is 0.263. The third-order valence-electron chi connectivity index (χ3n) is 3.94. The van der Waals surface area contributed by atoms with Gasteiger partial charge in [0.25, 0.3) is 5.69 Å². The number of halogens is 1. The van der Waals surface area contributed by atoms with Gasteiger partial charge in [0.1, 0.15) is 18.6 Å². The lowest BCUT2D eigenvalue weighted by Gasteiger charge is -2.14. The minimum atomic E-state index is -0.506. The Balaban J connectivity index is 1.72. The van der Waals surface area contributed by atoms with Crippen molar-refractivity contribution in [2.75, 3.05) is 12.0 Å². The summed E-state index contributed by atoms with van der Waals surface area (Å²) >= 11 is 3.53. The average Bonchev–Trinajstić information content (AvgIpc) is 2.76. The number of nitrogens with one attached hydrogen (secondary N) is 1. The van der Waals surface area contributed by atoms with E-state index in [0.29, 0.717) is 30.5 Å². The molecule has 0 saturated carbocycles. The highest BCUT2D eigenvalue weighted by Gasteiger charge is 2.11. The number of benzene rings is 2. The van der Waals surface area contributed by atoms with Gasteiger partial charge in [0.05, 0.1) is 17.7 Å². The van der Waals surface area contributed by atoms with Gasteiger partial charge in [-0.3, -0.25) is 15.5 Å². The monoisotopic (exact) mass is 470 g/mol. The summed E-state index contributed by atoms with van der Waals surface area (Å²) in [6.07, 6.45) is 2.76. The number of hydrogen-bond acceptors (Lipinski definition) is 7. The van der Waals surface area contributed by atoms with Gasteiger partial charge >= 0.3 is 0 Å². The van der Waals surface area contributed by atoms with E-state index in [4.69, 9.17) is 9.47 Å². The van der Waals surface area contributed by atoms with Crippen LogP contribution in [0.2, 0.25) is 0 Å². The Morgan fingerprint density at radius 3 is 2.60 bits per heavy atom. The van der Waals surface area contributed by atoms with E-state index in [1.807, 2.05) is 49.4 Å². The minimum absolute atomic E-state index is 0.0836. The van der Waals surface area contributed by atoms with Gasteiger partial charge in [-0.1, -0.05) is 30.3 Å². The minimum Gasteiger partial charge on any atom is -0.490 e. The maximum atomic E-state index is 10.7. The van der Waals surface area contributed by atoms with E-state index >= 15 is 0 Å². The molecular weight excluding hydrogens is 452 g/mol. The van der Waals surface area contributed by atoms with Crippen LogP contribution >= 0.6 is 15.9 Å². The van der Waals surface area contributed by atoms with Crippen LogP contribution in [0.15, 0.2) is 70.4 Å². The molecule has 0 saturated heterocycles. The molecule has 3 aromatic rings. The van der Waals surface area contributed by atoms with Crippen molar-refractivity contribution in [3.05, 3.63) is 86.5 Å². The molecule has 9 heteroatoms. The highest BCUT2D eigenvalue weighted by atomic mass is 79.9. The van der Waals surface area contributed by atoms with Crippen molar-refractivity contribution in [2.45, 2.75) is 13.5 Å². The van der Waals surface area contributed by atoms with E-state index in [1.165, 1.54) is 18.3 Å². The Hall–Kier alpha value is -3.46. The normalized spacial score (nSPS) is 10.7. The number of anilines is 1. The summed E-state index contributed by atoms with van der Waals surface area (Å²) < 4.78 is 12.4. The van der Waals surface area contributed by atoms with Crippen LogP contribution in [0.3, 0.4) is 0 Å². The van der Waals surface area contributed by atoms with Crippen LogP contribution in [0.4, 0.5) is 11.5 Å². The summed E-state index contributed by atoms with van der Waals surface area (Å²) in [6, 6.07) is 16.4. The van der Waals surface area contributed by atoms with Crippen LogP contribution < -0.4 is 14.9 Å². The Morgan fingerprint density at radius 1 is 1.17 bits per heavy atom. The van der Waals surface area contributed by atoms with Crippen molar-refractivity contribution in [2.24, 2.45) is 5.10 Å². The highest BCUT2D eigenvalue weighted by molar-refractivity contribution is 9.10. The third kappa shape index (κ3) is 5.77.